The van der Waals surface area contributed by atoms with E-state index >= 15 is 0 Å². The summed E-state index contributed by atoms with van der Waals surface area (Å²) in [5.41, 5.74) is 2.78. The minimum absolute atomic E-state index is 0.599. The topological polar surface area (TPSA) is 12.0 Å². The van der Waals surface area contributed by atoms with Crippen LogP contribution in [-0.4, -0.2) is 12.6 Å². The molecule has 0 fully saturated rings. The third kappa shape index (κ3) is 7.03. The lowest BCUT2D eigenvalue weighted by molar-refractivity contribution is 0.458. The van der Waals surface area contributed by atoms with Crippen molar-refractivity contribution in [3.63, 3.8) is 0 Å². The predicted octanol–water partition coefficient (Wildman–Crippen LogP) is 4.10. The largest absolute Gasteiger partial charge is 0.314 e. The summed E-state index contributed by atoms with van der Waals surface area (Å²) in [5.74, 6) is 6.15. The molecule has 1 nitrogen and oxygen atoms in total. The fraction of sp³-hybridized carbons (Fsp3) is 0.556. The highest BCUT2D eigenvalue weighted by Gasteiger charge is 2.07. The van der Waals surface area contributed by atoms with E-state index in [0.29, 0.717) is 6.04 Å². The predicted molar refractivity (Wildman–Crippen MR) is 84.3 cm³/mol. The average Bonchev–Trinajstić information content (AvgIpc) is 2.43. The third-order valence-corrected chi connectivity index (χ3v) is 3.38. The van der Waals surface area contributed by atoms with E-state index < -0.39 is 0 Å². The molecule has 1 unspecified atom stereocenters. The van der Waals surface area contributed by atoms with Gasteiger partial charge in [0, 0.05) is 12.5 Å². The van der Waals surface area contributed by atoms with E-state index in [9.17, 15) is 0 Å². The maximum atomic E-state index is 3.64. The van der Waals surface area contributed by atoms with Gasteiger partial charge in [-0.25, -0.2) is 0 Å². The molecular formula is C18H27N. The molecule has 0 saturated heterocycles. The Bertz CT molecular complexity index is 394. The highest BCUT2D eigenvalue weighted by Crippen LogP contribution is 2.10. The fourth-order valence-electron chi connectivity index (χ4n) is 2.16. The molecule has 0 aromatic heterocycles. The quantitative estimate of drug-likeness (QED) is 0.691. The summed E-state index contributed by atoms with van der Waals surface area (Å²) in [6.45, 7) is 7.38. The van der Waals surface area contributed by atoms with Gasteiger partial charge in [0.1, 0.15) is 0 Å². The van der Waals surface area contributed by atoms with Crippen LogP contribution in [0.1, 0.15) is 50.7 Å². The maximum absolute atomic E-state index is 3.64. The van der Waals surface area contributed by atoms with Gasteiger partial charge in [-0.3, -0.25) is 0 Å². The average molecular weight is 257 g/mol. The minimum Gasteiger partial charge on any atom is -0.314 e. The molecule has 0 heterocycles. The summed E-state index contributed by atoms with van der Waals surface area (Å²) >= 11 is 0. The Morgan fingerprint density at radius 2 is 1.89 bits per heavy atom. The Balaban J connectivity index is 2.41. The number of rotatable bonds is 8. The molecule has 104 valence electrons. The lowest BCUT2D eigenvalue weighted by Gasteiger charge is -2.17. The molecule has 0 aliphatic carbocycles. The molecule has 1 rings (SSSR count). The molecular weight excluding hydrogens is 230 g/mol. The molecule has 1 aromatic carbocycles. The standard InChI is InChI=1S/C18H27N/c1-4-6-7-8-18(19-15-5-2)14-13-17-11-9-16(3)10-12-17/h9-12,18-19H,5,7-8,13-15H2,1-3H3. The van der Waals surface area contributed by atoms with Crippen molar-refractivity contribution in [1.29, 1.82) is 0 Å². The van der Waals surface area contributed by atoms with Crippen LogP contribution in [0.2, 0.25) is 0 Å². The van der Waals surface area contributed by atoms with E-state index in [1.54, 1.807) is 0 Å². The van der Waals surface area contributed by atoms with Gasteiger partial charge in [-0.2, -0.15) is 0 Å². The van der Waals surface area contributed by atoms with Crippen LogP contribution in [0.3, 0.4) is 0 Å². The van der Waals surface area contributed by atoms with Gasteiger partial charge >= 0.3 is 0 Å². The first-order valence-electron chi connectivity index (χ1n) is 7.44. The van der Waals surface area contributed by atoms with Crippen molar-refractivity contribution in [3.05, 3.63) is 35.4 Å². The molecule has 1 N–H and O–H groups in total. The second kappa shape index (κ2) is 9.64. The molecule has 0 radical (unpaired) electrons. The lowest BCUT2D eigenvalue weighted by Crippen LogP contribution is -2.30. The zero-order valence-electron chi connectivity index (χ0n) is 12.6. The van der Waals surface area contributed by atoms with Crippen molar-refractivity contribution in [3.8, 4) is 11.8 Å². The number of nitrogens with one attached hydrogen (secondary N) is 1. The van der Waals surface area contributed by atoms with Crippen molar-refractivity contribution in [2.75, 3.05) is 6.54 Å². The molecule has 19 heavy (non-hydrogen) atoms. The van der Waals surface area contributed by atoms with Gasteiger partial charge in [0.25, 0.3) is 0 Å². The van der Waals surface area contributed by atoms with Gasteiger partial charge in [-0.15, -0.1) is 11.8 Å². The van der Waals surface area contributed by atoms with E-state index in [4.69, 9.17) is 0 Å². The number of aryl methyl sites for hydroxylation is 2. The van der Waals surface area contributed by atoms with E-state index in [0.717, 1.165) is 25.8 Å². The van der Waals surface area contributed by atoms with Crippen molar-refractivity contribution >= 4 is 0 Å². The van der Waals surface area contributed by atoms with Gasteiger partial charge < -0.3 is 5.32 Å². The zero-order valence-corrected chi connectivity index (χ0v) is 12.6. The summed E-state index contributed by atoms with van der Waals surface area (Å²) in [5, 5.41) is 3.64. The first-order chi connectivity index (χ1) is 9.26. The van der Waals surface area contributed by atoms with Gasteiger partial charge in [0.05, 0.1) is 0 Å². The Labute approximate surface area is 118 Å². The van der Waals surface area contributed by atoms with Gasteiger partial charge in [0.2, 0.25) is 0 Å². The van der Waals surface area contributed by atoms with E-state index in [-0.39, 0.29) is 0 Å². The fourth-order valence-corrected chi connectivity index (χ4v) is 2.16. The van der Waals surface area contributed by atoms with Crippen LogP contribution >= 0.6 is 0 Å². The number of benzene rings is 1. The van der Waals surface area contributed by atoms with Crippen LogP contribution in [0.15, 0.2) is 24.3 Å². The van der Waals surface area contributed by atoms with Gasteiger partial charge in [-0.05, 0) is 51.6 Å². The Morgan fingerprint density at radius 3 is 2.53 bits per heavy atom. The van der Waals surface area contributed by atoms with E-state index in [2.05, 4.69) is 55.3 Å². The van der Waals surface area contributed by atoms with Crippen LogP contribution in [0.25, 0.3) is 0 Å². The second-order valence-electron chi connectivity index (χ2n) is 5.14. The maximum Gasteiger partial charge on any atom is 0.0103 e. The van der Waals surface area contributed by atoms with Crippen LogP contribution in [0.4, 0.5) is 0 Å². The smallest absolute Gasteiger partial charge is 0.0103 e. The minimum atomic E-state index is 0.599. The molecule has 0 aliphatic heterocycles. The van der Waals surface area contributed by atoms with Crippen LogP contribution in [-0.2, 0) is 6.42 Å². The van der Waals surface area contributed by atoms with E-state index in [1.807, 2.05) is 6.92 Å². The Hall–Kier alpha value is -1.26. The van der Waals surface area contributed by atoms with Gasteiger partial charge in [-0.1, -0.05) is 36.8 Å². The second-order valence-corrected chi connectivity index (χ2v) is 5.14. The lowest BCUT2D eigenvalue weighted by atomic mass is 10.0. The monoisotopic (exact) mass is 257 g/mol. The molecule has 0 bridgehead atoms. The molecule has 0 aliphatic rings. The zero-order chi connectivity index (χ0) is 13.9. The Morgan fingerprint density at radius 1 is 1.16 bits per heavy atom. The van der Waals surface area contributed by atoms with Crippen molar-refractivity contribution < 1.29 is 0 Å². The van der Waals surface area contributed by atoms with E-state index in [1.165, 1.54) is 24.0 Å². The normalized spacial score (nSPS) is 11.7. The number of hydrogen-bond donors (Lipinski definition) is 1. The summed E-state index contributed by atoms with van der Waals surface area (Å²) in [7, 11) is 0. The molecule has 1 aromatic rings. The molecule has 0 spiro atoms. The first-order valence-corrected chi connectivity index (χ1v) is 7.44. The molecule has 1 heteroatoms. The third-order valence-electron chi connectivity index (χ3n) is 3.38. The highest BCUT2D eigenvalue weighted by atomic mass is 14.9. The summed E-state index contributed by atoms with van der Waals surface area (Å²) in [4.78, 5) is 0. The Kier molecular flexibility index (Phi) is 8.02. The van der Waals surface area contributed by atoms with Crippen LogP contribution in [0, 0.1) is 18.8 Å². The first kappa shape index (κ1) is 15.8. The molecule has 1 atom stereocenters. The molecule has 0 saturated carbocycles. The summed E-state index contributed by atoms with van der Waals surface area (Å²) in [6.07, 6.45) is 5.72. The van der Waals surface area contributed by atoms with Crippen molar-refractivity contribution in [2.45, 2.75) is 58.9 Å². The highest BCUT2D eigenvalue weighted by molar-refractivity contribution is 5.21. The number of hydrogen-bond acceptors (Lipinski definition) is 1. The SMILES string of the molecule is CC#CCCC(CCc1ccc(C)cc1)NCCC. The molecule has 0 amide bonds. The van der Waals surface area contributed by atoms with Crippen LogP contribution in [0.5, 0.6) is 0 Å². The summed E-state index contributed by atoms with van der Waals surface area (Å²) < 4.78 is 0. The van der Waals surface area contributed by atoms with Crippen LogP contribution < -0.4 is 5.32 Å². The van der Waals surface area contributed by atoms with Crippen molar-refractivity contribution in [1.82, 2.24) is 5.32 Å². The van der Waals surface area contributed by atoms with Gasteiger partial charge in [0.15, 0.2) is 0 Å². The summed E-state index contributed by atoms with van der Waals surface area (Å²) in [6, 6.07) is 9.50. The van der Waals surface area contributed by atoms with Crippen molar-refractivity contribution in [2.24, 2.45) is 0 Å².